The molecule has 0 bridgehead atoms. The first-order chi connectivity index (χ1) is 13.0. The molecule has 0 atom stereocenters. The van der Waals surface area contributed by atoms with Gasteiger partial charge in [0, 0.05) is 24.9 Å². The van der Waals surface area contributed by atoms with Crippen LogP contribution in [-0.4, -0.2) is 31.6 Å². The van der Waals surface area contributed by atoms with Gasteiger partial charge in [0.15, 0.2) is 11.7 Å². The van der Waals surface area contributed by atoms with Crippen LogP contribution in [0, 0.1) is 5.41 Å². The number of hydrogen-bond acceptors (Lipinski definition) is 4. The van der Waals surface area contributed by atoms with Crippen LogP contribution in [-0.2, 0) is 6.54 Å². The largest absolute Gasteiger partial charge is 0.496 e. The molecule has 9 heteroatoms. The van der Waals surface area contributed by atoms with Crippen LogP contribution in [0.3, 0.4) is 0 Å². The number of amides is 4. The van der Waals surface area contributed by atoms with Gasteiger partial charge in [-0.2, -0.15) is 0 Å². The molecule has 0 spiro atoms. The Morgan fingerprint density at radius 3 is 2.63 bits per heavy atom. The number of para-hydroxylation sites is 1. The average molecular weight is 379 g/mol. The highest BCUT2D eigenvalue weighted by atomic mass is 19.1. The van der Waals surface area contributed by atoms with Crippen molar-refractivity contribution in [3.63, 3.8) is 0 Å². The fraction of sp³-hybridized carbons (Fsp3) is 0.389. The molecular weight excluding hydrogens is 353 g/mol. The van der Waals surface area contributed by atoms with Crippen molar-refractivity contribution in [2.75, 3.05) is 13.7 Å². The number of rotatable bonds is 9. The number of benzene rings is 1. The Hall–Kier alpha value is -3.10. The first-order valence-corrected chi connectivity index (χ1v) is 8.63. The highest BCUT2D eigenvalue weighted by Gasteiger charge is 2.10. The lowest BCUT2D eigenvalue weighted by atomic mass is 10.2. The number of amidine groups is 1. The van der Waals surface area contributed by atoms with Crippen molar-refractivity contribution < 1.29 is 18.7 Å². The molecule has 148 valence electrons. The third-order valence-electron chi connectivity index (χ3n) is 3.51. The smallest absolute Gasteiger partial charge is 0.320 e. The molecule has 1 aromatic rings. The lowest BCUT2D eigenvalue weighted by Crippen LogP contribution is -2.39. The van der Waals surface area contributed by atoms with Crippen LogP contribution in [0.15, 0.2) is 36.3 Å². The Balaban J connectivity index is 2.38. The van der Waals surface area contributed by atoms with Crippen LogP contribution in [0.5, 0.6) is 5.75 Å². The quantitative estimate of drug-likeness (QED) is 0.258. The van der Waals surface area contributed by atoms with E-state index in [0.29, 0.717) is 12.3 Å². The third kappa shape index (κ3) is 8.70. The molecule has 1 aromatic carbocycles. The van der Waals surface area contributed by atoms with Gasteiger partial charge >= 0.3 is 12.1 Å². The maximum atomic E-state index is 13.8. The predicted molar refractivity (Wildman–Crippen MR) is 101 cm³/mol. The minimum Gasteiger partial charge on any atom is -0.496 e. The van der Waals surface area contributed by atoms with Gasteiger partial charge in [-0.15, -0.1) is 0 Å². The van der Waals surface area contributed by atoms with Crippen LogP contribution >= 0.6 is 0 Å². The fourth-order valence-corrected chi connectivity index (χ4v) is 2.07. The Morgan fingerprint density at radius 2 is 1.93 bits per heavy atom. The Bertz CT molecular complexity index is 679. The Kier molecular flexibility index (Phi) is 9.98. The molecule has 0 saturated heterocycles. The number of carbonyl (C=O) groups excluding carboxylic acids is 2. The summed E-state index contributed by atoms with van der Waals surface area (Å²) in [5, 5.41) is 16.8. The average Bonchev–Trinajstić information content (AvgIpc) is 2.67. The number of ether oxygens (including phenoxy) is 1. The minimum absolute atomic E-state index is 0.146. The third-order valence-corrected chi connectivity index (χ3v) is 3.51. The number of methoxy groups -OCH3 is 1. The lowest BCUT2D eigenvalue weighted by Gasteiger charge is -2.10. The number of carbonyl (C=O) groups is 2. The summed E-state index contributed by atoms with van der Waals surface area (Å²) in [4.78, 5) is 23.2. The first kappa shape index (κ1) is 21.9. The minimum atomic E-state index is -1.08. The van der Waals surface area contributed by atoms with Crippen molar-refractivity contribution in [1.29, 1.82) is 5.41 Å². The number of unbranched alkanes of at least 4 members (excludes halogenated alkanes) is 2. The van der Waals surface area contributed by atoms with Crippen LogP contribution in [0.1, 0.15) is 31.7 Å². The van der Waals surface area contributed by atoms with E-state index >= 15 is 0 Å². The van der Waals surface area contributed by atoms with E-state index in [0.717, 1.165) is 31.0 Å². The van der Waals surface area contributed by atoms with Crippen molar-refractivity contribution in [3.8, 4) is 5.75 Å². The van der Waals surface area contributed by atoms with Crippen LogP contribution < -0.4 is 26.0 Å². The van der Waals surface area contributed by atoms with Gasteiger partial charge in [0.25, 0.3) is 0 Å². The molecule has 0 saturated carbocycles. The summed E-state index contributed by atoms with van der Waals surface area (Å²) in [6.07, 6.45) is 3.57. The zero-order valence-corrected chi connectivity index (χ0v) is 15.5. The number of hydrogen-bond donors (Lipinski definition) is 5. The Labute approximate surface area is 158 Å². The summed E-state index contributed by atoms with van der Waals surface area (Å²) in [6.45, 7) is 2.67. The number of halogens is 1. The molecule has 0 fully saturated rings. The summed E-state index contributed by atoms with van der Waals surface area (Å²) < 4.78 is 18.9. The summed E-state index contributed by atoms with van der Waals surface area (Å²) in [5.41, 5.74) is 0.735. The maximum absolute atomic E-state index is 13.8. The highest BCUT2D eigenvalue weighted by molar-refractivity contribution is 6.04. The van der Waals surface area contributed by atoms with E-state index in [9.17, 15) is 14.0 Å². The van der Waals surface area contributed by atoms with E-state index in [1.165, 1.54) is 7.11 Å². The van der Waals surface area contributed by atoms with Gasteiger partial charge in [-0.3, -0.25) is 10.7 Å². The van der Waals surface area contributed by atoms with Crippen molar-refractivity contribution in [3.05, 3.63) is 41.9 Å². The molecule has 27 heavy (non-hydrogen) atoms. The first-order valence-electron chi connectivity index (χ1n) is 8.63. The van der Waals surface area contributed by atoms with Crippen LogP contribution in [0.4, 0.5) is 14.0 Å². The predicted octanol–water partition coefficient (Wildman–Crippen LogP) is 2.77. The van der Waals surface area contributed by atoms with Gasteiger partial charge < -0.3 is 20.7 Å². The monoisotopic (exact) mass is 379 g/mol. The molecule has 0 aromatic heterocycles. The SMILES string of the molecule is CCCCCNC(=O)N/C=C(/F)C(=N)NC(=O)NCc1ccccc1OC. The second-order valence-electron chi connectivity index (χ2n) is 5.59. The topological polar surface area (TPSA) is 115 Å². The number of nitrogens with one attached hydrogen (secondary N) is 5. The van der Waals surface area contributed by atoms with Crippen molar-refractivity contribution >= 4 is 17.9 Å². The Morgan fingerprint density at radius 1 is 1.19 bits per heavy atom. The maximum Gasteiger partial charge on any atom is 0.320 e. The zero-order valence-electron chi connectivity index (χ0n) is 15.5. The normalized spacial score (nSPS) is 10.7. The van der Waals surface area contributed by atoms with Gasteiger partial charge in [-0.05, 0) is 12.5 Å². The molecular formula is C18H26FN5O3. The highest BCUT2D eigenvalue weighted by Crippen LogP contribution is 2.16. The molecule has 8 nitrogen and oxygen atoms in total. The summed E-state index contributed by atoms with van der Waals surface area (Å²) in [6, 6.07) is 5.78. The van der Waals surface area contributed by atoms with E-state index in [4.69, 9.17) is 10.1 Å². The van der Waals surface area contributed by atoms with E-state index in [1.807, 2.05) is 12.2 Å². The molecule has 4 amide bonds. The summed E-state index contributed by atoms with van der Waals surface area (Å²) in [5.74, 6) is -1.24. The molecule has 0 aliphatic carbocycles. The lowest BCUT2D eigenvalue weighted by molar-refractivity contribution is 0.243. The van der Waals surface area contributed by atoms with Crippen molar-refractivity contribution in [2.24, 2.45) is 0 Å². The summed E-state index contributed by atoms with van der Waals surface area (Å²) in [7, 11) is 1.52. The van der Waals surface area contributed by atoms with Gasteiger partial charge in [-0.25, -0.2) is 14.0 Å². The molecule has 0 unspecified atom stereocenters. The molecule has 1 rings (SSSR count). The van der Waals surface area contributed by atoms with Crippen molar-refractivity contribution in [2.45, 2.75) is 32.7 Å². The van der Waals surface area contributed by atoms with E-state index in [1.54, 1.807) is 24.3 Å². The van der Waals surface area contributed by atoms with Gasteiger partial charge in [0.05, 0.1) is 7.11 Å². The number of urea groups is 2. The van der Waals surface area contributed by atoms with Crippen LogP contribution in [0.25, 0.3) is 0 Å². The zero-order chi connectivity index (χ0) is 20.1. The molecule has 0 aliphatic heterocycles. The molecule has 0 aliphatic rings. The van der Waals surface area contributed by atoms with Gasteiger partial charge in [0.2, 0.25) is 0 Å². The van der Waals surface area contributed by atoms with Crippen molar-refractivity contribution in [1.82, 2.24) is 21.3 Å². The van der Waals surface area contributed by atoms with E-state index in [-0.39, 0.29) is 6.54 Å². The van der Waals surface area contributed by atoms with E-state index in [2.05, 4.69) is 16.0 Å². The standard InChI is InChI=1S/C18H26FN5O3/c1-3-4-7-10-21-17(25)23-12-14(19)16(20)24-18(26)22-11-13-8-5-6-9-15(13)27-2/h5-6,8-9,12H,3-4,7,10-11H2,1-2H3,(H2,21,23,25)(H3,20,22,24,26)/b14-12+. The molecule has 5 N–H and O–H groups in total. The van der Waals surface area contributed by atoms with Crippen LogP contribution in [0.2, 0.25) is 0 Å². The fourth-order valence-electron chi connectivity index (χ4n) is 2.07. The van der Waals surface area contributed by atoms with Gasteiger partial charge in [-0.1, -0.05) is 38.0 Å². The summed E-state index contributed by atoms with van der Waals surface area (Å²) >= 11 is 0. The second kappa shape index (κ2) is 12.3. The van der Waals surface area contributed by atoms with Gasteiger partial charge in [0.1, 0.15) is 5.75 Å². The molecule has 0 heterocycles. The van der Waals surface area contributed by atoms with E-state index < -0.39 is 23.7 Å². The second-order valence-corrected chi connectivity index (χ2v) is 5.59. The molecule has 0 radical (unpaired) electrons.